The Morgan fingerprint density at radius 1 is 0.684 bits per heavy atom. The zero-order chi connectivity index (χ0) is 14.0. The van der Waals surface area contributed by atoms with Crippen LogP contribution in [0.25, 0.3) is 0 Å². The van der Waals surface area contributed by atoms with Crippen molar-refractivity contribution in [3.05, 3.63) is 58.7 Å². The predicted octanol–water partition coefficient (Wildman–Crippen LogP) is 3.04. The van der Waals surface area contributed by atoms with E-state index in [4.69, 9.17) is 11.6 Å². The normalized spacial score (nSPS) is 11.1. The Labute approximate surface area is 123 Å². The van der Waals surface area contributed by atoms with Gasteiger partial charge in [-0.25, -0.2) is 0 Å². The summed E-state index contributed by atoms with van der Waals surface area (Å²) < 4.78 is 0. The summed E-state index contributed by atoms with van der Waals surface area (Å²) in [6, 6.07) is 13.7. The van der Waals surface area contributed by atoms with Crippen LogP contribution in [0.3, 0.4) is 0 Å². The Morgan fingerprint density at radius 3 is 1.26 bits per heavy atom. The first-order valence-electron chi connectivity index (χ1n) is 6.72. The van der Waals surface area contributed by atoms with Crippen molar-refractivity contribution >= 4 is 30.8 Å². The fourth-order valence-corrected chi connectivity index (χ4v) is 6.46. The molecule has 0 saturated heterocycles. The quantitative estimate of drug-likeness (QED) is 0.602. The highest BCUT2D eigenvalue weighted by molar-refractivity contribution is 6.89. The van der Waals surface area contributed by atoms with Gasteiger partial charge < -0.3 is 0 Å². The lowest BCUT2D eigenvalue weighted by molar-refractivity contribution is 1.39. The molecule has 2 aromatic rings. The Bertz CT molecular complexity index is 498. The van der Waals surface area contributed by atoms with E-state index >= 15 is 0 Å². The molecule has 0 N–H and O–H groups in total. The van der Waals surface area contributed by atoms with Crippen molar-refractivity contribution < 1.29 is 0 Å². The maximum absolute atomic E-state index is 6.31. The van der Waals surface area contributed by atoms with Gasteiger partial charge in [-0.15, -0.1) is 11.6 Å². The average molecular weight is 289 g/mol. The van der Waals surface area contributed by atoms with Crippen molar-refractivity contribution in [1.29, 1.82) is 0 Å². The van der Waals surface area contributed by atoms with Gasteiger partial charge >= 0.3 is 0 Å². The van der Waals surface area contributed by atoms with Gasteiger partial charge in [0.05, 0.1) is 0 Å². The molecule has 0 aliphatic carbocycles. The molecule has 100 valence electrons. The number of alkyl halides is 1. The van der Waals surface area contributed by atoms with Crippen molar-refractivity contribution in [1.82, 2.24) is 0 Å². The van der Waals surface area contributed by atoms with Gasteiger partial charge in [0.2, 0.25) is 0 Å². The van der Waals surface area contributed by atoms with Crippen LogP contribution in [0.4, 0.5) is 0 Å². The van der Waals surface area contributed by atoms with E-state index in [1.54, 1.807) is 0 Å². The highest BCUT2D eigenvalue weighted by Gasteiger charge is 2.16. The molecule has 0 radical (unpaired) electrons. The first-order chi connectivity index (χ1) is 8.99. The minimum atomic E-state index is -1.28. The predicted molar refractivity (Wildman–Crippen MR) is 89.0 cm³/mol. The Balaban J connectivity index is 2.49. The second-order valence-electron chi connectivity index (χ2n) is 5.55. The van der Waals surface area contributed by atoms with Gasteiger partial charge in [0.15, 0.2) is 0 Å². The molecule has 19 heavy (non-hydrogen) atoms. The van der Waals surface area contributed by atoms with Crippen LogP contribution in [0.1, 0.15) is 22.3 Å². The molecule has 0 nitrogen and oxygen atoms in total. The molecule has 0 aliphatic heterocycles. The monoisotopic (exact) mass is 288 g/mol. The lowest BCUT2D eigenvalue weighted by Crippen LogP contribution is -2.44. The first kappa shape index (κ1) is 14.4. The molecule has 0 amide bonds. The van der Waals surface area contributed by atoms with Crippen LogP contribution in [0.2, 0.25) is 0 Å². The smallest absolute Gasteiger partial charge is 0.117 e. The van der Waals surface area contributed by atoms with E-state index in [1.807, 2.05) is 0 Å². The molecular weight excluding hydrogens is 268 g/mol. The second kappa shape index (κ2) is 5.94. The van der Waals surface area contributed by atoms with Gasteiger partial charge in [-0.3, -0.25) is 0 Å². The number of aryl methyl sites for hydroxylation is 4. The number of halogens is 1. The average Bonchev–Trinajstić information content (AvgIpc) is 2.27. The van der Waals surface area contributed by atoms with Crippen molar-refractivity contribution in [2.24, 2.45) is 0 Å². The van der Waals surface area contributed by atoms with E-state index in [2.05, 4.69) is 64.1 Å². The molecule has 0 aromatic heterocycles. The fraction of sp³-hybridized carbons (Fsp3) is 0.294. The standard InChI is InChI=1S/C17H21ClSi/c1-12-5-13(2)8-16(7-12)19(11-18)17-9-14(3)6-15(4)10-17/h5-10,19H,11H2,1-4H3. The fourth-order valence-electron chi connectivity index (χ4n) is 2.79. The third-order valence-electron chi connectivity index (χ3n) is 3.45. The molecule has 0 saturated carbocycles. The van der Waals surface area contributed by atoms with Crippen LogP contribution in [-0.2, 0) is 0 Å². The van der Waals surface area contributed by atoms with Gasteiger partial charge in [-0.2, -0.15) is 0 Å². The van der Waals surface area contributed by atoms with Gasteiger partial charge in [0.1, 0.15) is 8.80 Å². The summed E-state index contributed by atoms with van der Waals surface area (Å²) in [7, 11) is -1.28. The third kappa shape index (κ3) is 3.49. The van der Waals surface area contributed by atoms with Crippen LogP contribution in [0.5, 0.6) is 0 Å². The van der Waals surface area contributed by atoms with Crippen molar-refractivity contribution in [2.75, 3.05) is 5.50 Å². The molecular formula is C17H21ClSi. The van der Waals surface area contributed by atoms with E-state index in [0.717, 1.165) is 5.50 Å². The summed E-state index contributed by atoms with van der Waals surface area (Å²) >= 11 is 6.31. The zero-order valence-corrected chi connectivity index (χ0v) is 14.0. The molecule has 0 aliphatic rings. The summed E-state index contributed by atoms with van der Waals surface area (Å²) in [5, 5.41) is 2.91. The molecule has 0 fully saturated rings. The Kier molecular flexibility index (Phi) is 4.49. The minimum absolute atomic E-state index is 0.756. The van der Waals surface area contributed by atoms with E-state index in [0.29, 0.717) is 0 Å². The molecule has 0 bridgehead atoms. The first-order valence-corrected chi connectivity index (χ1v) is 9.22. The molecule has 0 spiro atoms. The molecule has 0 heterocycles. The molecule has 0 atom stereocenters. The number of benzene rings is 2. The van der Waals surface area contributed by atoms with Crippen LogP contribution in [0, 0.1) is 27.7 Å². The van der Waals surface area contributed by atoms with Gasteiger partial charge in [0.25, 0.3) is 0 Å². The highest BCUT2D eigenvalue weighted by atomic mass is 35.5. The number of hydrogen-bond donors (Lipinski definition) is 0. The van der Waals surface area contributed by atoms with E-state index in [-0.39, 0.29) is 0 Å². The highest BCUT2D eigenvalue weighted by Crippen LogP contribution is 2.06. The molecule has 0 unspecified atom stereocenters. The summed E-state index contributed by atoms with van der Waals surface area (Å²) in [5.74, 6) is 0. The molecule has 2 heteroatoms. The lowest BCUT2D eigenvalue weighted by atomic mass is 10.2. The maximum atomic E-state index is 6.31. The van der Waals surface area contributed by atoms with Crippen LogP contribution >= 0.6 is 11.6 Å². The maximum Gasteiger partial charge on any atom is 0.117 e. The van der Waals surface area contributed by atoms with Crippen LogP contribution in [0.15, 0.2) is 36.4 Å². The zero-order valence-electron chi connectivity index (χ0n) is 12.1. The van der Waals surface area contributed by atoms with Gasteiger partial charge in [0, 0.05) is 5.50 Å². The SMILES string of the molecule is Cc1cc(C)cc([SiH](CCl)c2cc(C)cc(C)c2)c1. The lowest BCUT2D eigenvalue weighted by Gasteiger charge is -2.16. The topological polar surface area (TPSA) is 0 Å². The molecule has 2 rings (SSSR count). The van der Waals surface area contributed by atoms with Crippen LogP contribution in [-0.4, -0.2) is 14.3 Å². The van der Waals surface area contributed by atoms with E-state index in [9.17, 15) is 0 Å². The second-order valence-corrected chi connectivity index (χ2v) is 9.22. The van der Waals surface area contributed by atoms with E-state index in [1.165, 1.54) is 32.6 Å². The van der Waals surface area contributed by atoms with Gasteiger partial charge in [-0.05, 0) is 27.7 Å². The molecule has 2 aromatic carbocycles. The summed E-state index contributed by atoms with van der Waals surface area (Å²) in [5.41, 5.74) is 6.10. The summed E-state index contributed by atoms with van der Waals surface area (Å²) in [6.07, 6.45) is 0. The minimum Gasteiger partial charge on any atom is -0.130 e. The van der Waals surface area contributed by atoms with Crippen molar-refractivity contribution in [3.63, 3.8) is 0 Å². The number of rotatable bonds is 3. The Hall–Kier alpha value is -1.05. The largest absolute Gasteiger partial charge is 0.130 e. The summed E-state index contributed by atoms with van der Waals surface area (Å²) in [6.45, 7) is 8.66. The van der Waals surface area contributed by atoms with Crippen LogP contribution < -0.4 is 10.4 Å². The van der Waals surface area contributed by atoms with E-state index < -0.39 is 8.80 Å². The van der Waals surface area contributed by atoms with Crippen molar-refractivity contribution in [3.8, 4) is 0 Å². The summed E-state index contributed by atoms with van der Waals surface area (Å²) in [4.78, 5) is 0. The third-order valence-corrected chi connectivity index (χ3v) is 6.96. The van der Waals surface area contributed by atoms with Gasteiger partial charge in [-0.1, -0.05) is 69.0 Å². The van der Waals surface area contributed by atoms with Crippen molar-refractivity contribution in [2.45, 2.75) is 27.7 Å². The number of hydrogen-bond acceptors (Lipinski definition) is 0. The Morgan fingerprint density at radius 2 is 1.00 bits per heavy atom.